The van der Waals surface area contributed by atoms with Crippen molar-refractivity contribution in [1.29, 1.82) is 0 Å². The average molecular weight is 210 g/mol. The molecule has 0 aliphatic heterocycles. The second-order valence-corrected chi connectivity index (χ2v) is 3.35. The molecule has 0 fully saturated rings. The summed E-state index contributed by atoms with van der Waals surface area (Å²) in [6, 6.07) is 1.65. The summed E-state index contributed by atoms with van der Waals surface area (Å²) in [5.74, 6) is -0.539. The van der Waals surface area contributed by atoms with E-state index in [4.69, 9.17) is 0 Å². The van der Waals surface area contributed by atoms with Gasteiger partial charge in [0.25, 0.3) is 5.91 Å². The van der Waals surface area contributed by atoms with E-state index >= 15 is 0 Å². The minimum absolute atomic E-state index is 0.217. The molecule has 1 heterocycles. The van der Waals surface area contributed by atoms with Gasteiger partial charge in [-0.3, -0.25) is 9.59 Å². The van der Waals surface area contributed by atoms with Crippen molar-refractivity contribution < 1.29 is 9.59 Å². The van der Waals surface area contributed by atoms with Gasteiger partial charge in [-0.2, -0.15) is 0 Å². The topological polar surface area (TPSA) is 58.2 Å². The summed E-state index contributed by atoms with van der Waals surface area (Å²) in [6.45, 7) is 3.33. The fraction of sp³-hybridized carbons (Fsp3) is 0.111. The summed E-state index contributed by atoms with van der Waals surface area (Å²) in [7, 11) is 1.54. The summed E-state index contributed by atoms with van der Waals surface area (Å²) in [5.41, 5.74) is 0.465. The van der Waals surface area contributed by atoms with Crippen molar-refractivity contribution in [2.75, 3.05) is 12.4 Å². The third-order valence-electron chi connectivity index (χ3n) is 1.56. The SMILES string of the molecule is C=CC(=O)Nc1sccc1C(=O)NC. The zero-order chi connectivity index (χ0) is 10.6. The largest absolute Gasteiger partial charge is 0.355 e. The summed E-state index contributed by atoms with van der Waals surface area (Å²) in [6.07, 6.45) is 1.16. The molecule has 2 amide bonds. The maximum Gasteiger partial charge on any atom is 0.254 e. The van der Waals surface area contributed by atoms with Crippen LogP contribution in [0.3, 0.4) is 0 Å². The van der Waals surface area contributed by atoms with Crippen LogP contribution in [0.15, 0.2) is 24.1 Å². The molecular weight excluding hydrogens is 200 g/mol. The van der Waals surface area contributed by atoms with Gasteiger partial charge in [0.05, 0.1) is 5.56 Å². The van der Waals surface area contributed by atoms with Gasteiger partial charge in [-0.25, -0.2) is 0 Å². The average Bonchev–Trinajstić information content (AvgIpc) is 2.64. The molecule has 0 radical (unpaired) electrons. The highest BCUT2D eigenvalue weighted by molar-refractivity contribution is 7.14. The maximum absolute atomic E-state index is 11.3. The highest BCUT2D eigenvalue weighted by atomic mass is 32.1. The van der Waals surface area contributed by atoms with Crippen molar-refractivity contribution in [3.05, 3.63) is 29.7 Å². The lowest BCUT2D eigenvalue weighted by Crippen LogP contribution is -2.19. The van der Waals surface area contributed by atoms with Gasteiger partial charge in [0, 0.05) is 7.05 Å². The van der Waals surface area contributed by atoms with Crippen LogP contribution >= 0.6 is 11.3 Å². The van der Waals surface area contributed by atoms with Crippen molar-refractivity contribution in [2.24, 2.45) is 0 Å². The molecule has 74 valence electrons. The van der Waals surface area contributed by atoms with E-state index in [9.17, 15) is 9.59 Å². The minimum atomic E-state index is -0.322. The molecule has 0 saturated carbocycles. The molecule has 0 spiro atoms. The van der Waals surface area contributed by atoms with E-state index in [-0.39, 0.29) is 11.8 Å². The van der Waals surface area contributed by atoms with Gasteiger partial charge in [-0.05, 0) is 17.5 Å². The number of hydrogen-bond donors (Lipinski definition) is 2. The second kappa shape index (κ2) is 4.57. The van der Waals surface area contributed by atoms with E-state index in [0.29, 0.717) is 10.6 Å². The van der Waals surface area contributed by atoms with Crippen LogP contribution in [-0.2, 0) is 4.79 Å². The Balaban J connectivity index is 2.87. The van der Waals surface area contributed by atoms with Crippen LogP contribution in [0.4, 0.5) is 5.00 Å². The minimum Gasteiger partial charge on any atom is -0.355 e. The molecule has 2 N–H and O–H groups in total. The number of rotatable bonds is 3. The van der Waals surface area contributed by atoms with Gasteiger partial charge in [-0.15, -0.1) is 11.3 Å². The smallest absolute Gasteiger partial charge is 0.254 e. The highest BCUT2D eigenvalue weighted by Gasteiger charge is 2.11. The maximum atomic E-state index is 11.3. The highest BCUT2D eigenvalue weighted by Crippen LogP contribution is 2.22. The second-order valence-electron chi connectivity index (χ2n) is 2.44. The van der Waals surface area contributed by atoms with E-state index in [1.807, 2.05) is 0 Å². The van der Waals surface area contributed by atoms with Gasteiger partial charge in [0.1, 0.15) is 5.00 Å². The van der Waals surface area contributed by atoms with Crippen LogP contribution in [0, 0.1) is 0 Å². The Morgan fingerprint density at radius 3 is 2.86 bits per heavy atom. The molecule has 0 aromatic carbocycles. The van der Waals surface area contributed by atoms with Crippen LogP contribution < -0.4 is 10.6 Å². The summed E-state index contributed by atoms with van der Waals surface area (Å²) >= 11 is 1.30. The first-order valence-corrected chi connectivity index (χ1v) is 4.80. The number of carbonyl (C=O) groups is 2. The normalized spacial score (nSPS) is 9.21. The molecule has 0 bridgehead atoms. The standard InChI is InChI=1S/C9H10N2O2S/c1-3-7(12)11-9-6(4-5-14-9)8(13)10-2/h3-5H,1H2,2H3,(H,10,13)(H,11,12). The number of hydrogen-bond acceptors (Lipinski definition) is 3. The third-order valence-corrected chi connectivity index (χ3v) is 2.39. The van der Waals surface area contributed by atoms with E-state index in [1.54, 1.807) is 18.5 Å². The first kappa shape index (κ1) is 10.5. The van der Waals surface area contributed by atoms with Gasteiger partial charge < -0.3 is 10.6 Å². The molecule has 1 rings (SSSR count). The summed E-state index contributed by atoms with van der Waals surface area (Å²) < 4.78 is 0. The van der Waals surface area contributed by atoms with Gasteiger partial charge in [0.15, 0.2) is 0 Å². The number of anilines is 1. The van der Waals surface area contributed by atoms with Crippen LogP contribution in [0.1, 0.15) is 10.4 Å². The lowest BCUT2D eigenvalue weighted by atomic mass is 10.3. The fourth-order valence-corrected chi connectivity index (χ4v) is 1.67. The van der Waals surface area contributed by atoms with E-state index in [1.165, 1.54) is 11.3 Å². The Morgan fingerprint density at radius 1 is 1.57 bits per heavy atom. The molecule has 1 aromatic heterocycles. The number of nitrogens with one attached hydrogen (secondary N) is 2. The van der Waals surface area contributed by atoms with Crippen molar-refractivity contribution in [3.8, 4) is 0 Å². The van der Waals surface area contributed by atoms with E-state index < -0.39 is 0 Å². The van der Waals surface area contributed by atoms with Gasteiger partial charge in [0.2, 0.25) is 5.91 Å². The lowest BCUT2D eigenvalue weighted by Gasteiger charge is -2.02. The zero-order valence-electron chi connectivity index (χ0n) is 7.66. The molecule has 0 unspecified atom stereocenters. The van der Waals surface area contributed by atoms with Crippen molar-refractivity contribution in [1.82, 2.24) is 5.32 Å². The van der Waals surface area contributed by atoms with Gasteiger partial charge in [-0.1, -0.05) is 6.58 Å². The molecular formula is C9H10N2O2S. The van der Waals surface area contributed by atoms with Gasteiger partial charge >= 0.3 is 0 Å². The molecule has 0 saturated heterocycles. The molecule has 0 atom stereocenters. The number of carbonyl (C=O) groups excluding carboxylic acids is 2. The first-order valence-electron chi connectivity index (χ1n) is 3.92. The van der Waals surface area contributed by atoms with E-state index in [0.717, 1.165) is 6.08 Å². The third kappa shape index (κ3) is 2.20. The predicted octanol–water partition coefficient (Wildman–Crippen LogP) is 1.23. The lowest BCUT2D eigenvalue weighted by molar-refractivity contribution is -0.111. The molecule has 1 aromatic rings. The Bertz CT molecular complexity index is 371. The molecule has 0 aliphatic carbocycles. The molecule has 4 nitrogen and oxygen atoms in total. The quantitative estimate of drug-likeness (QED) is 0.737. The Labute approximate surface area is 85.6 Å². The Morgan fingerprint density at radius 2 is 2.29 bits per heavy atom. The van der Waals surface area contributed by atoms with Crippen molar-refractivity contribution >= 4 is 28.2 Å². The zero-order valence-corrected chi connectivity index (χ0v) is 8.48. The molecule has 0 aliphatic rings. The molecule has 14 heavy (non-hydrogen) atoms. The first-order chi connectivity index (χ1) is 6.69. The van der Waals surface area contributed by atoms with E-state index in [2.05, 4.69) is 17.2 Å². The summed E-state index contributed by atoms with van der Waals surface area (Å²) in [5, 5.41) is 7.32. The monoisotopic (exact) mass is 210 g/mol. The number of amides is 2. The van der Waals surface area contributed by atoms with Crippen LogP contribution in [0.5, 0.6) is 0 Å². The summed E-state index contributed by atoms with van der Waals surface area (Å²) in [4.78, 5) is 22.3. The van der Waals surface area contributed by atoms with Crippen LogP contribution in [-0.4, -0.2) is 18.9 Å². The van der Waals surface area contributed by atoms with Crippen molar-refractivity contribution in [2.45, 2.75) is 0 Å². The van der Waals surface area contributed by atoms with Crippen molar-refractivity contribution in [3.63, 3.8) is 0 Å². The molecule has 5 heteroatoms. The number of thiophene rings is 1. The predicted molar refractivity (Wildman–Crippen MR) is 56.5 cm³/mol. The van der Waals surface area contributed by atoms with Crippen LogP contribution in [0.2, 0.25) is 0 Å². The Hall–Kier alpha value is -1.62. The van der Waals surface area contributed by atoms with Crippen LogP contribution in [0.25, 0.3) is 0 Å². The Kier molecular flexibility index (Phi) is 3.41. The fourth-order valence-electron chi connectivity index (χ4n) is 0.882.